The van der Waals surface area contributed by atoms with Crippen LogP contribution < -0.4 is 10.6 Å². The molecule has 0 saturated carbocycles. The molecule has 0 aromatic heterocycles. The van der Waals surface area contributed by atoms with Crippen LogP contribution in [0.15, 0.2) is 42.5 Å². The number of halogens is 1. The molecule has 3 nitrogen and oxygen atoms in total. The number of carbonyl (C=O) groups is 1. The molecule has 1 aliphatic heterocycles. The van der Waals surface area contributed by atoms with E-state index in [1.807, 2.05) is 31.2 Å². The third kappa shape index (κ3) is 2.37. The lowest BCUT2D eigenvalue weighted by molar-refractivity contribution is -0.116. The Morgan fingerprint density at radius 3 is 2.90 bits per heavy atom. The molecule has 0 fully saturated rings. The van der Waals surface area contributed by atoms with Gasteiger partial charge < -0.3 is 10.6 Å². The van der Waals surface area contributed by atoms with Gasteiger partial charge in [0.15, 0.2) is 0 Å². The maximum Gasteiger partial charge on any atom is 0.247 e. The fourth-order valence-corrected chi connectivity index (χ4v) is 2.41. The molecule has 0 radical (unpaired) electrons. The predicted octanol–water partition coefficient (Wildman–Crippen LogP) is 3.11. The Kier molecular flexibility index (Phi) is 3.14. The first-order valence-corrected chi connectivity index (χ1v) is 6.55. The third-order valence-corrected chi connectivity index (χ3v) is 3.47. The third-order valence-electron chi connectivity index (χ3n) is 3.47. The van der Waals surface area contributed by atoms with E-state index in [0.717, 1.165) is 16.8 Å². The van der Waals surface area contributed by atoms with Crippen LogP contribution >= 0.6 is 0 Å². The summed E-state index contributed by atoms with van der Waals surface area (Å²) in [5.41, 5.74) is 3.21. The molecule has 0 saturated heterocycles. The first-order valence-electron chi connectivity index (χ1n) is 6.55. The summed E-state index contributed by atoms with van der Waals surface area (Å²) in [6.07, 6.45) is 0.620. The average molecular weight is 270 g/mol. The highest BCUT2D eigenvalue weighted by molar-refractivity contribution is 5.98. The minimum absolute atomic E-state index is 0.217. The Hall–Kier alpha value is -2.36. The lowest BCUT2D eigenvalue weighted by atomic mass is 10.1. The van der Waals surface area contributed by atoms with Crippen LogP contribution in [0.1, 0.15) is 11.1 Å². The summed E-state index contributed by atoms with van der Waals surface area (Å²) in [5, 5.41) is 5.81. The minimum atomic E-state index is -0.417. The van der Waals surface area contributed by atoms with Crippen molar-refractivity contribution in [2.45, 2.75) is 19.4 Å². The second-order valence-corrected chi connectivity index (χ2v) is 5.03. The normalized spacial score (nSPS) is 16.4. The van der Waals surface area contributed by atoms with Crippen LogP contribution in [0, 0.1) is 12.7 Å². The number of carbonyl (C=O) groups excluding carboxylic acids is 1. The van der Waals surface area contributed by atoms with Gasteiger partial charge in [-0.1, -0.05) is 24.3 Å². The molecule has 2 aromatic carbocycles. The topological polar surface area (TPSA) is 41.1 Å². The Balaban J connectivity index is 1.74. The molecule has 0 unspecified atom stereocenters. The standard InChI is InChI=1S/C16H15FN2O/c1-10-6-7-12(17)14(8-10)19-16(20)15-9-11-4-2-3-5-13(11)18-15/h2-8,15,18H,9H2,1H3,(H,19,20)/t15-/m0/s1. The van der Waals surface area contributed by atoms with E-state index in [1.54, 1.807) is 12.1 Å². The van der Waals surface area contributed by atoms with Gasteiger partial charge in [0.1, 0.15) is 11.9 Å². The number of aryl methyl sites for hydroxylation is 1. The summed E-state index contributed by atoms with van der Waals surface area (Å²) in [6, 6.07) is 12.1. The Morgan fingerprint density at radius 2 is 2.10 bits per heavy atom. The highest BCUT2D eigenvalue weighted by atomic mass is 19.1. The van der Waals surface area contributed by atoms with E-state index in [-0.39, 0.29) is 17.6 Å². The first kappa shape index (κ1) is 12.7. The van der Waals surface area contributed by atoms with E-state index >= 15 is 0 Å². The van der Waals surface area contributed by atoms with Crippen molar-refractivity contribution in [3.8, 4) is 0 Å². The van der Waals surface area contributed by atoms with Gasteiger partial charge >= 0.3 is 0 Å². The number of hydrogen-bond acceptors (Lipinski definition) is 2. The average Bonchev–Trinajstić information content (AvgIpc) is 2.87. The van der Waals surface area contributed by atoms with Crippen molar-refractivity contribution in [3.63, 3.8) is 0 Å². The van der Waals surface area contributed by atoms with Gasteiger partial charge in [-0.2, -0.15) is 0 Å². The quantitative estimate of drug-likeness (QED) is 0.880. The molecule has 0 spiro atoms. The molecular weight excluding hydrogens is 255 g/mol. The second kappa shape index (κ2) is 4.96. The van der Waals surface area contributed by atoms with Crippen LogP contribution in [0.2, 0.25) is 0 Å². The van der Waals surface area contributed by atoms with Crippen molar-refractivity contribution in [2.24, 2.45) is 0 Å². The Labute approximate surface area is 116 Å². The van der Waals surface area contributed by atoms with Crippen LogP contribution in [0.5, 0.6) is 0 Å². The molecule has 1 aliphatic rings. The van der Waals surface area contributed by atoms with Gasteiger partial charge in [-0.3, -0.25) is 4.79 Å². The van der Waals surface area contributed by atoms with Crippen molar-refractivity contribution in [1.29, 1.82) is 0 Å². The van der Waals surface area contributed by atoms with Gasteiger partial charge in [0.05, 0.1) is 5.69 Å². The van der Waals surface area contributed by atoms with Crippen LogP contribution in [-0.2, 0) is 11.2 Å². The Morgan fingerprint density at radius 1 is 1.30 bits per heavy atom. The van der Waals surface area contributed by atoms with Gasteiger partial charge in [-0.15, -0.1) is 0 Å². The first-order chi connectivity index (χ1) is 9.63. The number of rotatable bonds is 2. The van der Waals surface area contributed by atoms with Crippen molar-refractivity contribution < 1.29 is 9.18 Å². The number of anilines is 2. The van der Waals surface area contributed by atoms with E-state index < -0.39 is 5.82 Å². The van der Waals surface area contributed by atoms with Gasteiger partial charge in [0, 0.05) is 12.1 Å². The van der Waals surface area contributed by atoms with Crippen LogP contribution in [0.25, 0.3) is 0 Å². The largest absolute Gasteiger partial charge is 0.373 e. The van der Waals surface area contributed by atoms with Crippen molar-refractivity contribution in [3.05, 3.63) is 59.4 Å². The molecule has 0 aliphatic carbocycles. The van der Waals surface area contributed by atoms with E-state index in [2.05, 4.69) is 10.6 Å². The minimum Gasteiger partial charge on any atom is -0.373 e. The summed E-state index contributed by atoms with van der Waals surface area (Å²) < 4.78 is 13.6. The summed E-state index contributed by atoms with van der Waals surface area (Å²) in [6.45, 7) is 1.86. The number of amides is 1. The number of hydrogen-bond donors (Lipinski definition) is 2. The zero-order chi connectivity index (χ0) is 14.1. The lowest BCUT2D eigenvalue weighted by Gasteiger charge is -2.13. The van der Waals surface area contributed by atoms with Gasteiger partial charge in [-0.05, 0) is 36.2 Å². The molecule has 2 N–H and O–H groups in total. The van der Waals surface area contributed by atoms with Crippen LogP contribution in [0.3, 0.4) is 0 Å². The predicted molar refractivity (Wildman–Crippen MR) is 77.3 cm³/mol. The SMILES string of the molecule is Cc1ccc(F)c(NC(=O)[C@@H]2Cc3ccccc3N2)c1. The fraction of sp³-hybridized carbons (Fsp3) is 0.188. The van der Waals surface area contributed by atoms with Crippen molar-refractivity contribution >= 4 is 17.3 Å². The van der Waals surface area contributed by atoms with E-state index in [1.165, 1.54) is 6.07 Å². The van der Waals surface area contributed by atoms with Gasteiger partial charge in [0.2, 0.25) is 5.91 Å². The zero-order valence-corrected chi connectivity index (χ0v) is 11.1. The molecule has 102 valence electrons. The van der Waals surface area contributed by atoms with Crippen molar-refractivity contribution in [1.82, 2.24) is 0 Å². The number of para-hydroxylation sites is 1. The number of nitrogens with one attached hydrogen (secondary N) is 2. The maximum absolute atomic E-state index is 13.6. The van der Waals surface area contributed by atoms with E-state index in [4.69, 9.17) is 0 Å². The maximum atomic E-state index is 13.6. The monoisotopic (exact) mass is 270 g/mol. The number of benzene rings is 2. The highest BCUT2D eigenvalue weighted by Gasteiger charge is 2.26. The molecule has 4 heteroatoms. The smallest absolute Gasteiger partial charge is 0.247 e. The molecule has 0 bridgehead atoms. The van der Waals surface area contributed by atoms with Crippen LogP contribution in [-0.4, -0.2) is 11.9 Å². The van der Waals surface area contributed by atoms with Gasteiger partial charge in [-0.25, -0.2) is 4.39 Å². The van der Waals surface area contributed by atoms with Gasteiger partial charge in [0.25, 0.3) is 0 Å². The summed E-state index contributed by atoms with van der Waals surface area (Å²) in [4.78, 5) is 12.2. The summed E-state index contributed by atoms with van der Waals surface area (Å²) in [5.74, 6) is -0.634. The second-order valence-electron chi connectivity index (χ2n) is 5.03. The van der Waals surface area contributed by atoms with E-state index in [9.17, 15) is 9.18 Å². The zero-order valence-electron chi connectivity index (χ0n) is 11.1. The van der Waals surface area contributed by atoms with Crippen molar-refractivity contribution in [2.75, 3.05) is 10.6 Å². The van der Waals surface area contributed by atoms with Crippen LogP contribution in [0.4, 0.5) is 15.8 Å². The molecule has 2 aromatic rings. The summed E-state index contributed by atoms with van der Waals surface area (Å²) >= 11 is 0. The molecular formula is C16H15FN2O. The molecule has 20 heavy (non-hydrogen) atoms. The molecule has 1 atom stereocenters. The lowest BCUT2D eigenvalue weighted by Crippen LogP contribution is -2.33. The fourth-order valence-electron chi connectivity index (χ4n) is 2.41. The Bertz CT molecular complexity index is 644. The van der Waals surface area contributed by atoms with E-state index in [0.29, 0.717) is 6.42 Å². The highest BCUT2D eigenvalue weighted by Crippen LogP contribution is 2.26. The number of fused-ring (bicyclic) bond motifs is 1. The molecule has 1 amide bonds. The summed E-state index contributed by atoms with van der Waals surface area (Å²) in [7, 11) is 0. The molecule has 1 heterocycles. The molecule has 3 rings (SSSR count).